The maximum atomic E-state index is 5.27. The second kappa shape index (κ2) is 3.19. The highest BCUT2D eigenvalue weighted by Crippen LogP contribution is 2.13. The Morgan fingerprint density at radius 1 is 1.73 bits per heavy atom. The number of allylic oxidation sites excluding steroid dienone is 3. The third kappa shape index (κ3) is 1.80. The smallest absolute Gasteiger partial charge is 0.191 e. The minimum atomic E-state index is 0.691. The summed E-state index contributed by atoms with van der Waals surface area (Å²) >= 11 is 0. The maximum Gasteiger partial charge on any atom is 0.191 e. The van der Waals surface area contributed by atoms with E-state index in [-0.39, 0.29) is 0 Å². The van der Waals surface area contributed by atoms with Gasteiger partial charge in [0, 0.05) is 6.92 Å². The quantitative estimate of drug-likeness (QED) is 0.604. The second-order valence-electron chi connectivity index (χ2n) is 2.33. The molecule has 0 fully saturated rings. The summed E-state index contributed by atoms with van der Waals surface area (Å²) in [6.07, 6.45) is 5.33. The Balaban J connectivity index is 2.93. The van der Waals surface area contributed by atoms with Gasteiger partial charge in [-0.3, -0.25) is 0 Å². The van der Waals surface area contributed by atoms with Gasteiger partial charge in [0.2, 0.25) is 0 Å². The van der Waals surface area contributed by atoms with E-state index in [4.69, 9.17) is 4.42 Å². The number of hydrogen-bond donors (Lipinski definition) is 0. The van der Waals surface area contributed by atoms with Crippen molar-refractivity contribution in [3.63, 3.8) is 0 Å². The largest absolute Gasteiger partial charge is 0.441 e. The van der Waals surface area contributed by atoms with Gasteiger partial charge >= 0.3 is 0 Å². The molecule has 0 amide bonds. The summed E-state index contributed by atoms with van der Waals surface area (Å²) in [4.78, 5) is 3.98. The van der Waals surface area contributed by atoms with E-state index in [1.165, 1.54) is 0 Å². The number of rotatable bonds is 2. The van der Waals surface area contributed by atoms with Gasteiger partial charge in [-0.05, 0) is 12.5 Å². The molecular formula is C9H11NO. The van der Waals surface area contributed by atoms with Gasteiger partial charge in [-0.2, -0.15) is 0 Å². The van der Waals surface area contributed by atoms with Gasteiger partial charge < -0.3 is 4.42 Å². The average Bonchev–Trinajstić information content (AvgIpc) is 2.36. The number of aromatic nitrogens is 1. The molecule has 0 unspecified atom stereocenters. The highest BCUT2D eigenvalue weighted by Gasteiger charge is 1.99. The molecule has 0 saturated heterocycles. The lowest BCUT2D eigenvalue weighted by atomic mass is 10.2. The van der Waals surface area contributed by atoms with Crippen LogP contribution in [-0.4, -0.2) is 4.98 Å². The second-order valence-corrected chi connectivity index (χ2v) is 2.33. The first-order chi connectivity index (χ1) is 5.24. The Morgan fingerprint density at radius 3 is 2.91 bits per heavy atom. The zero-order valence-corrected chi connectivity index (χ0v) is 6.79. The van der Waals surface area contributed by atoms with Crippen LogP contribution in [-0.2, 0) is 0 Å². The van der Waals surface area contributed by atoms with Crippen LogP contribution in [0, 0.1) is 6.92 Å². The van der Waals surface area contributed by atoms with Crippen LogP contribution >= 0.6 is 0 Å². The van der Waals surface area contributed by atoms with E-state index in [2.05, 4.69) is 11.6 Å². The zero-order chi connectivity index (χ0) is 8.27. The predicted octanol–water partition coefficient (Wildman–Crippen LogP) is 2.57. The van der Waals surface area contributed by atoms with Crippen molar-refractivity contribution >= 4 is 5.57 Å². The van der Waals surface area contributed by atoms with Crippen molar-refractivity contribution in [2.24, 2.45) is 0 Å². The molecule has 0 saturated carbocycles. The summed E-state index contributed by atoms with van der Waals surface area (Å²) < 4.78 is 5.27. The highest BCUT2D eigenvalue weighted by atomic mass is 16.4. The van der Waals surface area contributed by atoms with Gasteiger partial charge in [0.05, 0.1) is 6.20 Å². The third-order valence-corrected chi connectivity index (χ3v) is 1.38. The first kappa shape index (κ1) is 7.79. The third-order valence-electron chi connectivity index (χ3n) is 1.38. The molecule has 11 heavy (non-hydrogen) atoms. The Bertz CT molecular complexity index is 284. The summed E-state index contributed by atoms with van der Waals surface area (Å²) in [6, 6.07) is 0. The van der Waals surface area contributed by atoms with Crippen molar-refractivity contribution in [2.75, 3.05) is 0 Å². The van der Waals surface area contributed by atoms with Crippen LogP contribution in [0.5, 0.6) is 0 Å². The first-order valence-corrected chi connectivity index (χ1v) is 3.46. The molecule has 0 spiro atoms. The molecule has 0 aliphatic rings. The molecule has 2 nitrogen and oxygen atoms in total. The molecule has 1 rings (SSSR count). The van der Waals surface area contributed by atoms with Crippen LogP contribution in [0.15, 0.2) is 29.3 Å². The fraction of sp³-hybridized carbons (Fsp3) is 0.222. The minimum absolute atomic E-state index is 0.691. The summed E-state index contributed by atoms with van der Waals surface area (Å²) in [6.45, 7) is 7.38. The van der Waals surface area contributed by atoms with E-state index in [0.29, 0.717) is 5.89 Å². The lowest BCUT2D eigenvalue weighted by molar-refractivity contribution is 0.509. The molecule has 0 radical (unpaired) electrons. The molecule has 2 heteroatoms. The van der Waals surface area contributed by atoms with E-state index < -0.39 is 0 Å². The SMILES string of the molecule is C=C/C=C(\C)c1cnc(C)o1. The van der Waals surface area contributed by atoms with Gasteiger partial charge in [0.1, 0.15) is 5.76 Å². The summed E-state index contributed by atoms with van der Waals surface area (Å²) in [5.41, 5.74) is 1.04. The molecule has 58 valence electrons. The molecule has 0 aliphatic heterocycles. The maximum absolute atomic E-state index is 5.27. The van der Waals surface area contributed by atoms with Crippen LogP contribution in [0.4, 0.5) is 0 Å². The van der Waals surface area contributed by atoms with E-state index in [9.17, 15) is 0 Å². The van der Waals surface area contributed by atoms with Crippen LogP contribution in [0.3, 0.4) is 0 Å². The fourth-order valence-corrected chi connectivity index (χ4v) is 0.803. The monoisotopic (exact) mass is 149 g/mol. The standard InChI is InChI=1S/C9H11NO/c1-4-5-7(2)9-6-10-8(3)11-9/h4-6H,1H2,2-3H3/b7-5+. The van der Waals surface area contributed by atoms with Crippen molar-refractivity contribution in [2.45, 2.75) is 13.8 Å². The van der Waals surface area contributed by atoms with E-state index in [1.54, 1.807) is 12.3 Å². The number of oxazole rings is 1. The summed E-state index contributed by atoms with van der Waals surface area (Å²) in [5, 5.41) is 0. The Morgan fingerprint density at radius 2 is 2.45 bits per heavy atom. The van der Waals surface area contributed by atoms with Gasteiger partial charge in [-0.15, -0.1) is 0 Å². The first-order valence-electron chi connectivity index (χ1n) is 3.46. The fourth-order valence-electron chi connectivity index (χ4n) is 0.803. The molecule has 1 aromatic rings. The normalized spacial score (nSPS) is 11.6. The van der Waals surface area contributed by atoms with Crippen LogP contribution in [0.2, 0.25) is 0 Å². The van der Waals surface area contributed by atoms with Crippen molar-refractivity contribution in [3.8, 4) is 0 Å². The van der Waals surface area contributed by atoms with Gasteiger partial charge in [0.25, 0.3) is 0 Å². The topological polar surface area (TPSA) is 26.0 Å². The Hall–Kier alpha value is -1.31. The lowest BCUT2D eigenvalue weighted by Crippen LogP contribution is -1.70. The highest BCUT2D eigenvalue weighted by molar-refractivity contribution is 5.59. The Kier molecular flexibility index (Phi) is 2.26. The van der Waals surface area contributed by atoms with Crippen molar-refractivity contribution in [1.82, 2.24) is 4.98 Å². The van der Waals surface area contributed by atoms with E-state index >= 15 is 0 Å². The lowest BCUT2D eigenvalue weighted by Gasteiger charge is -1.90. The zero-order valence-electron chi connectivity index (χ0n) is 6.79. The summed E-state index contributed by atoms with van der Waals surface area (Å²) in [5.74, 6) is 1.50. The molecular weight excluding hydrogens is 138 g/mol. The number of nitrogens with zero attached hydrogens (tertiary/aromatic N) is 1. The van der Waals surface area contributed by atoms with Crippen LogP contribution in [0.1, 0.15) is 18.6 Å². The Labute approximate surface area is 66.3 Å². The molecule has 0 bridgehead atoms. The molecule has 0 atom stereocenters. The molecule has 0 aliphatic carbocycles. The molecule has 1 aromatic heterocycles. The van der Waals surface area contributed by atoms with Gasteiger partial charge in [-0.1, -0.05) is 18.7 Å². The predicted molar refractivity (Wildman–Crippen MR) is 45.1 cm³/mol. The van der Waals surface area contributed by atoms with Crippen molar-refractivity contribution < 1.29 is 4.42 Å². The number of aryl methyl sites for hydroxylation is 1. The minimum Gasteiger partial charge on any atom is -0.441 e. The number of hydrogen-bond acceptors (Lipinski definition) is 2. The van der Waals surface area contributed by atoms with Crippen molar-refractivity contribution in [1.29, 1.82) is 0 Å². The van der Waals surface area contributed by atoms with Gasteiger partial charge in [-0.25, -0.2) is 4.98 Å². The van der Waals surface area contributed by atoms with Crippen molar-refractivity contribution in [3.05, 3.63) is 36.6 Å². The van der Waals surface area contributed by atoms with Gasteiger partial charge in [0.15, 0.2) is 5.89 Å². The molecule has 1 heterocycles. The average molecular weight is 149 g/mol. The van der Waals surface area contributed by atoms with Crippen LogP contribution in [0.25, 0.3) is 5.57 Å². The molecule has 0 aromatic carbocycles. The van der Waals surface area contributed by atoms with Crippen LogP contribution < -0.4 is 0 Å². The van der Waals surface area contributed by atoms with E-state index in [0.717, 1.165) is 11.3 Å². The van der Waals surface area contributed by atoms with E-state index in [1.807, 2.05) is 19.9 Å². The summed E-state index contributed by atoms with van der Waals surface area (Å²) in [7, 11) is 0. The molecule has 0 N–H and O–H groups in total.